The van der Waals surface area contributed by atoms with E-state index in [0.29, 0.717) is 18.3 Å². The van der Waals surface area contributed by atoms with Crippen molar-refractivity contribution in [2.75, 3.05) is 0 Å². The fraction of sp³-hybridized carbons (Fsp3) is 0.500. The lowest BCUT2D eigenvalue weighted by atomic mass is 10.0. The van der Waals surface area contributed by atoms with E-state index in [0.717, 1.165) is 29.4 Å². The average Bonchev–Trinajstić information content (AvgIpc) is 2.78. The maximum Gasteiger partial charge on any atom is 0.136 e. The second kappa shape index (κ2) is 5.50. The minimum Gasteiger partial charge on any atom is -0.385 e. The second-order valence-corrected chi connectivity index (χ2v) is 5.16. The molecule has 18 heavy (non-hydrogen) atoms. The van der Waals surface area contributed by atoms with Gasteiger partial charge in [-0.1, -0.05) is 19.9 Å². The van der Waals surface area contributed by atoms with Gasteiger partial charge in [0.1, 0.15) is 11.9 Å². The molecule has 0 aliphatic heterocycles. The van der Waals surface area contributed by atoms with Crippen LogP contribution in [0.4, 0.5) is 0 Å². The molecule has 0 aliphatic carbocycles. The number of nitrogens with zero attached hydrogens (tertiary/aromatic N) is 1. The maximum atomic E-state index is 10.1. The molecule has 0 saturated heterocycles. The number of aliphatic hydroxyl groups is 1. The number of fused-ring (bicyclic) bond motifs is 1. The number of hydrogen-bond donors (Lipinski definition) is 3. The molecule has 0 bridgehead atoms. The molecule has 4 heteroatoms. The molecule has 2 aromatic rings. The van der Waals surface area contributed by atoms with E-state index in [4.69, 9.17) is 5.73 Å². The molecule has 1 heterocycles. The van der Waals surface area contributed by atoms with Gasteiger partial charge in [-0.05, 0) is 36.5 Å². The van der Waals surface area contributed by atoms with Gasteiger partial charge in [0.15, 0.2) is 0 Å². The van der Waals surface area contributed by atoms with Crippen LogP contribution in [0.5, 0.6) is 0 Å². The highest BCUT2D eigenvalue weighted by atomic mass is 16.3. The predicted molar refractivity (Wildman–Crippen MR) is 73.0 cm³/mol. The number of nitrogens with one attached hydrogen (secondary N) is 1. The van der Waals surface area contributed by atoms with Crippen LogP contribution < -0.4 is 5.73 Å². The molecule has 0 saturated carbocycles. The topological polar surface area (TPSA) is 74.9 Å². The summed E-state index contributed by atoms with van der Waals surface area (Å²) in [7, 11) is 0. The molecule has 4 N–H and O–H groups in total. The molecule has 0 spiro atoms. The van der Waals surface area contributed by atoms with Crippen molar-refractivity contribution in [3.63, 3.8) is 0 Å². The first-order chi connectivity index (χ1) is 8.60. The van der Waals surface area contributed by atoms with Crippen molar-refractivity contribution >= 4 is 11.0 Å². The highest BCUT2D eigenvalue weighted by molar-refractivity contribution is 5.75. The minimum absolute atomic E-state index is 0.513. The zero-order valence-corrected chi connectivity index (χ0v) is 11.0. The fourth-order valence-corrected chi connectivity index (χ4v) is 1.99. The zero-order chi connectivity index (χ0) is 13.1. The van der Waals surface area contributed by atoms with Gasteiger partial charge in [-0.15, -0.1) is 0 Å². The largest absolute Gasteiger partial charge is 0.385 e. The third-order valence-electron chi connectivity index (χ3n) is 3.13. The van der Waals surface area contributed by atoms with Gasteiger partial charge in [0.25, 0.3) is 0 Å². The summed E-state index contributed by atoms with van der Waals surface area (Å²) in [6.45, 7) is 4.82. The Morgan fingerprint density at radius 2 is 2.11 bits per heavy atom. The number of aromatic nitrogens is 2. The normalized spacial score (nSPS) is 13.4. The van der Waals surface area contributed by atoms with Crippen molar-refractivity contribution < 1.29 is 5.11 Å². The molecular formula is C14H21N3O. The first kappa shape index (κ1) is 13.1. The standard InChI is InChI=1S/C14H21N3O/c1-9(2)3-6-13(18)14-16-11-5-4-10(8-15)7-12(11)17-14/h4-5,7,9,13,18H,3,6,8,15H2,1-2H3,(H,16,17). The SMILES string of the molecule is CC(C)CCC(O)c1nc2ccc(CN)cc2[nH]1. The Morgan fingerprint density at radius 3 is 2.78 bits per heavy atom. The zero-order valence-electron chi connectivity index (χ0n) is 11.0. The minimum atomic E-state index is -0.513. The van der Waals surface area contributed by atoms with E-state index in [9.17, 15) is 5.11 Å². The lowest BCUT2D eigenvalue weighted by Gasteiger charge is -2.09. The van der Waals surface area contributed by atoms with Crippen LogP contribution in [0.25, 0.3) is 11.0 Å². The van der Waals surface area contributed by atoms with Crippen LogP contribution in [0.3, 0.4) is 0 Å². The Balaban J connectivity index is 2.18. The van der Waals surface area contributed by atoms with Crippen molar-refractivity contribution in [2.45, 2.75) is 39.3 Å². The van der Waals surface area contributed by atoms with Crippen molar-refractivity contribution in [1.29, 1.82) is 0 Å². The van der Waals surface area contributed by atoms with Gasteiger partial charge in [-0.3, -0.25) is 0 Å². The molecule has 1 aromatic heterocycles. The first-order valence-corrected chi connectivity index (χ1v) is 6.47. The van der Waals surface area contributed by atoms with Crippen LogP contribution in [0.1, 0.15) is 44.2 Å². The number of aromatic amines is 1. The number of H-pyrrole nitrogens is 1. The van der Waals surface area contributed by atoms with Crippen LogP contribution in [0.15, 0.2) is 18.2 Å². The van der Waals surface area contributed by atoms with E-state index >= 15 is 0 Å². The molecular weight excluding hydrogens is 226 g/mol. The van der Waals surface area contributed by atoms with Crippen LogP contribution >= 0.6 is 0 Å². The first-order valence-electron chi connectivity index (χ1n) is 6.47. The summed E-state index contributed by atoms with van der Waals surface area (Å²) in [4.78, 5) is 7.60. The van der Waals surface area contributed by atoms with E-state index in [1.165, 1.54) is 0 Å². The van der Waals surface area contributed by atoms with E-state index < -0.39 is 6.10 Å². The fourth-order valence-electron chi connectivity index (χ4n) is 1.99. The number of hydrogen-bond acceptors (Lipinski definition) is 3. The van der Waals surface area contributed by atoms with E-state index in [-0.39, 0.29) is 0 Å². The van der Waals surface area contributed by atoms with Crippen LogP contribution in [-0.2, 0) is 6.54 Å². The van der Waals surface area contributed by atoms with Crippen molar-refractivity contribution in [2.24, 2.45) is 11.7 Å². The van der Waals surface area contributed by atoms with E-state index in [1.54, 1.807) is 0 Å². The van der Waals surface area contributed by atoms with Gasteiger partial charge in [0.05, 0.1) is 11.0 Å². The van der Waals surface area contributed by atoms with Crippen LogP contribution in [0.2, 0.25) is 0 Å². The molecule has 0 radical (unpaired) electrons. The molecule has 4 nitrogen and oxygen atoms in total. The van der Waals surface area contributed by atoms with Gasteiger partial charge >= 0.3 is 0 Å². The summed E-state index contributed by atoms with van der Waals surface area (Å²) < 4.78 is 0. The van der Waals surface area contributed by atoms with E-state index in [2.05, 4.69) is 23.8 Å². The highest BCUT2D eigenvalue weighted by Crippen LogP contribution is 2.22. The molecule has 1 aromatic carbocycles. The Kier molecular flexibility index (Phi) is 3.99. The maximum absolute atomic E-state index is 10.1. The van der Waals surface area contributed by atoms with E-state index in [1.807, 2.05) is 18.2 Å². The predicted octanol–water partition coefficient (Wildman–Crippen LogP) is 2.49. The smallest absolute Gasteiger partial charge is 0.136 e. The van der Waals surface area contributed by atoms with Crippen LogP contribution in [-0.4, -0.2) is 15.1 Å². The van der Waals surface area contributed by atoms with Gasteiger partial charge < -0.3 is 15.8 Å². The number of nitrogens with two attached hydrogens (primary N) is 1. The number of aliphatic hydroxyl groups excluding tert-OH is 1. The lowest BCUT2D eigenvalue weighted by molar-refractivity contribution is 0.151. The third-order valence-corrected chi connectivity index (χ3v) is 3.13. The monoisotopic (exact) mass is 247 g/mol. The van der Waals surface area contributed by atoms with Gasteiger partial charge in [-0.2, -0.15) is 0 Å². The summed E-state index contributed by atoms with van der Waals surface area (Å²) in [5, 5.41) is 10.1. The summed E-state index contributed by atoms with van der Waals surface area (Å²) >= 11 is 0. The van der Waals surface area contributed by atoms with Crippen LogP contribution in [0, 0.1) is 5.92 Å². The molecule has 1 unspecified atom stereocenters. The summed E-state index contributed by atoms with van der Waals surface area (Å²) in [5.74, 6) is 1.24. The molecule has 2 rings (SSSR count). The Morgan fingerprint density at radius 1 is 1.33 bits per heavy atom. The summed E-state index contributed by atoms with van der Waals surface area (Å²) in [5.41, 5.74) is 8.49. The molecule has 0 aliphatic rings. The number of rotatable bonds is 5. The molecule has 0 amide bonds. The Bertz CT molecular complexity index is 519. The number of benzene rings is 1. The third kappa shape index (κ3) is 2.89. The van der Waals surface area contributed by atoms with Gasteiger partial charge in [0, 0.05) is 6.54 Å². The van der Waals surface area contributed by atoms with Crippen molar-refractivity contribution in [3.05, 3.63) is 29.6 Å². The summed E-state index contributed by atoms with van der Waals surface area (Å²) in [6, 6.07) is 5.89. The van der Waals surface area contributed by atoms with Gasteiger partial charge in [0.2, 0.25) is 0 Å². The number of imidazole rings is 1. The second-order valence-electron chi connectivity index (χ2n) is 5.16. The van der Waals surface area contributed by atoms with Gasteiger partial charge in [-0.25, -0.2) is 4.98 Å². The summed E-state index contributed by atoms with van der Waals surface area (Å²) in [6.07, 6.45) is 1.22. The lowest BCUT2D eigenvalue weighted by Crippen LogP contribution is -2.01. The van der Waals surface area contributed by atoms with Crippen molar-refractivity contribution in [1.82, 2.24) is 9.97 Å². The Labute approximate surface area is 107 Å². The van der Waals surface area contributed by atoms with Crippen molar-refractivity contribution in [3.8, 4) is 0 Å². The molecule has 98 valence electrons. The highest BCUT2D eigenvalue weighted by Gasteiger charge is 2.13. The molecule has 0 fully saturated rings. The average molecular weight is 247 g/mol. The Hall–Kier alpha value is -1.39. The quantitative estimate of drug-likeness (QED) is 0.760. The molecule has 1 atom stereocenters.